The number of carboxylic acids is 2. The molecule has 1 aliphatic heterocycles. The summed E-state index contributed by atoms with van der Waals surface area (Å²) in [5, 5.41) is 20.3. The van der Waals surface area contributed by atoms with Crippen LogP contribution in [0.15, 0.2) is 30.5 Å². The van der Waals surface area contributed by atoms with E-state index in [2.05, 4.69) is 10.00 Å². The molecule has 31 heavy (non-hydrogen) atoms. The number of hydrogen-bond donors (Lipinski definition) is 2. The van der Waals surface area contributed by atoms with Crippen LogP contribution < -0.4 is 4.74 Å². The number of carbonyl (C=O) groups is 3. The number of ether oxygens (including phenoxy) is 1. The van der Waals surface area contributed by atoms with Gasteiger partial charge in [0.25, 0.3) is 0 Å². The highest BCUT2D eigenvalue weighted by atomic mass is 35.5. The first-order chi connectivity index (χ1) is 14.7. The van der Waals surface area contributed by atoms with Crippen LogP contribution in [-0.2, 0) is 14.4 Å². The van der Waals surface area contributed by atoms with Gasteiger partial charge in [0, 0.05) is 56.9 Å². The third-order valence-corrected chi connectivity index (χ3v) is 4.92. The number of aliphatic carboxylic acids is 2. The van der Waals surface area contributed by atoms with E-state index < -0.39 is 11.9 Å². The van der Waals surface area contributed by atoms with Gasteiger partial charge in [-0.05, 0) is 18.2 Å². The van der Waals surface area contributed by atoms with Crippen molar-refractivity contribution in [1.29, 1.82) is 0 Å². The van der Waals surface area contributed by atoms with Gasteiger partial charge in [0.15, 0.2) is 0 Å². The summed E-state index contributed by atoms with van der Waals surface area (Å²) < 4.78 is 7.39. The molecule has 1 saturated heterocycles. The molecule has 12 heteroatoms. The molecule has 2 aromatic rings. The summed E-state index contributed by atoms with van der Waals surface area (Å²) in [5.74, 6) is -2.96. The van der Waals surface area contributed by atoms with E-state index >= 15 is 0 Å². The Morgan fingerprint density at radius 2 is 1.71 bits per heavy atom. The van der Waals surface area contributed by atoms with Crippen LogP contribution in [0, 0.1) is 0 Å². The highest BCUT2D eigenvalue weighted by Crippen LogP contribution is 2.24. The molecular formula is C19H22Cl2N4O6. The summed E-state index contributed by atoms with van der Waals surface area (Å²) >= 11 is 12.1. The van der Waals surface area contributed by atoms with E-state index in [1.54, 1.807) is 36.0 Å². The Hall–Kier alpha value is -2.82. The predicted molar refractivity (Wildman–Crippen MR) is 113 cm³/mol. The van der Waals surface area contributed by atoms with Crippen molar-refractivity contribution in [2.75, 3.05) is 39.3 Å². The fourth-order valence-corrected chi connectivity index (χ4v) is 3.25. The molecule has 0 aliphatic carbocycles. The fourth-order valence-electron chi connectivity index (χ4n) is 2.75. The maximum atomic E-state index is 11.3. The first-order valence-electron chi connectivity index (χ1n) is 9.25. The normalized spacial score (nSPS) is 13.8. The largest absolute Gasteiger partial charge is 0.475 e. The van der Waals surface area contributed by atoms with Crippen molar-refractivity contribution in [3.63, 3.8) is 0 Å². The lowest BCUT2D eigenvalue weighted by atomic mass is 10.3. The third-order valence-electron chi connectivity index (χ3n) is 4.38. The molecule has 1 aromatic carbocycles. The molecule has 3 rings (SSSR count). The SMILES string of the molecule is CC(=O)N1CCN(CCOc2ccn(-c3ccc(Cl)cc3Cl)n2)CC1.O=C(O)C(=O)O. The van der Waals surface area contributed by atoms with Crippen LogP contribution in [0.3, 0.4) is 0 Å². The van der Waals surface area contributed by atoms with E-state index in [9.17, 15) is 4.79 Å². The number of aromatic nitrogens is 2. The molecular weight excluding hydrogens is 451 g/mol. The van der Waals surface area contributed by atoms with Crippen LogP contribution in [-0.4, -0.2) is 87.0 Å². The second kappa shape index (κ2) is 11.5. The summed E-state index contributed by atoms with van der Waals surface area (Å²) in [7, 11) is 0. The van der Waals surface area contributed by atoms with Crippen molar-refractivity contribution in [2.24, 2.45) is 0 Å². The lowest BCUT2D eigenvalue weighted by Crippen LogP contribution is -2.48. The van der Waals surface area contributed by atoms with Gasteiger partial charge in [0.2, 0.25) is 11.8 Å². The van der Waals surface area contributed by atoms with Crippen molar-refractivity contribution < 1.29 is 29.3 Å². The van der Waals surface area contributed by atoms with Crippen LogP contribution in [0.2, 0.25) is 10.0 Å². The average molecular weight is 473 g/mol. The number of rotatable bonds is 5. The van der Waals surface area contributed by atoms with Crippen molar-refractivity contribution in [3.8, 4) is 11.6 Å². The Balaban J connectivity index is 0.000000501. The molecule has 0 unspecified atom stereocenters. The van der Waals surface area contributed by atoms with E-state index in [4.69, 9.17) is 47.7 Å². The second-order valence-electron chi connectivity index (χ2n) is 6.50. The van der Waals surface area contributed by atoms with E-state index in [-0.39, 0.29) is 5.91 Å². The van der Waals surface area contributed by atoms with Gasteiger partial charge >= 0.3 is 11.9 Å². The van der Waals surface area contributed by atoms with Crippen LogP contribution in [0.4, 0.5) is 0 Å². The maximum absolute atomic E-state index is 11.3. The Bertz CT molecular complexity index is 916. The quantitative estimate of drug-likeness (QED) is 0.631. The topological polar surface area (TPSA) is 125 Å². The van der Waals surface area contributed by atoms with Crippen LogP contribution in [0.5, 0.6) is 5.88 Å². The first-order valence-corrected chi connectivity index (χ1v) is 10.0. The van der Waals surface area contributed by atoms with E-state index in [1.807, 2.05) is 11.0 Å². The van der Waals surface area contributed by atoms with Gasteiger partial charge in [-0.15, -0.1) is 5.10 Å². The van der Waals surface area contributed by atoms with E-state index in [0.29, 0.717) is 22.5 Å². The van der Waals surface area contributed by atoms with Crippen molar-refractivity contribution in [1.82, 2.24) is 19.6 Å². The van der Waals surface area contributed by atoms with Crippen molar-refractivity contribution in [3.05, 3.63) is 40.5 Å². The monoisotopic (exact) mass is 472 g/mol. The standard InChI is InChI=1S/C17H20Cl2N4O2.C2H2O4/c1-13(24)22-8-6-21(7-9-22)10-11-25-17-4-5-23(20-17)16-3-2-14(18)12-15(16)19;3-1(4)2(5)6/h2-5,12H,6-11H2,1H3;(H,3,4)(H,5,6). The first kappa shape index (κ1) is 24.4. The molecule has 2 heterocycles. The number of piperazine rings is 1. The minimum Gasteiger partial charge on any atom is -0.475 e. The molecule has 168 valence electrons. The second-order valence-corrected chi connectivity index (χ2v) is 7.34. The van der Waals surface area contributed by atoms with Gasteiger partial charge in [0.1, 0.15) is 6.61 Å². The van der Waals surface area contributed by atoms with Crippen molar-refractivity contribution >= 4 is 41.0 Å². The number of carboxylic acid groups (broad SMARTS) is 2. The molecule has 0 spiro atoms. The van der Waals surface area contributed by atoms with Gasteiger partial charge in [-0.3, -0.25) is 9.69 Å². The fraction of sp³-hybridized carbons (Fsp3) is 0.368. The average Bonchev–Trinajstić information content (AvgIpc) is 3.17. The zero-order chi connectivity index (χ0) is 23.0. The van der Waals surface area contributed by atoms with Gasteiger partial charge in [0.05, 0.1) is 10.7 Å². The highest BCUT2D eigenvalue weighted by Gasteiger charge is 2.18. The molecule has 1 fully saturated rings. The van der Waals surface area contributed by atoms with Crippen LogP contribution in [0.1, 0.15) is 6.92 Å². The Labute approximate surface area is 188 Å². The van der Waals surface area contributed by atoms with Gasteiger partial charge in [-0.2, -0.15) is 0 Å². The molecule has 1 amide bonds. The molecule has 1 aromatic heterocycles. The molecule has 0 radical (unpaired) electrons. The zero-order valence-electron chi connectivity index (χ0n) is 16.7. The molecule has 0 atom stereocenters. The van der Waals surface area contributed by atoms with Crippen LogP contribution >= 0.6 is 23.2 Å². The zero-order valence-corrected chi connectivity index (χ0v) is 18.2. The van der Waals surface area contributed by atoms with Gasteiger partial charge < -0.3 is 19.8 Å². The number of benzene rings is 1. The number of hydrogen-bond acceptors (Lipinski definition) is 6. The summed E-state index contributed by atoms with van der Waals surface area (Å²) in [6.45, 7) is 6.27. The third kappa shape index (κ3) is 7.74. The lowest BCUT2D eigenvalue weighted by Gasteiger charge is -2.33. The predicted octanol–water partition coefficient (Wildman–Crippen LogP) is 1.88. The smallest absolute Gasteiger partial charge is 0.414 e. The van der Waals surface area contributed by atoms with Gasteiger partial charge in [-0.25, -0.2) is 14.3 Å². The number of nitrogens with zero attached hydrogens (tertiary/aromatic N) is 4. The lowest BCUT2D eigenvalue weighted by molar-refractivity contribution is -0.159. The minimum absolute atomic E-state index is 0.141. The highest BCUT2D eigenvalue weighted by molar-refractivity contribution is 6.35. The van der Waals surface area contributed by atoms with Crippen molar-refractivity contribution in [2.45, 2.75) is 6.92 Å². The Morgan fingerprint density at radius 1 is 1.06 bits per heavy atom. The van der Waals surface area contributed by atoms with E-state index in [0.717, 1.165) is 38.4 Å². The minimum atomic E-state index is -1.82. The Kier molecular flexibility index (Phi) is 9.10. The summed E-state index contributed by atoms with van der Waals surface area (Å²) in [6, 6.07) is 7.07. The summed E-state index contributed by atoms with van der Waals surface area (Å²) in [5.41, 5.74) is 0.751. The molecule has 10 nitrogen and oxygen atoms in total. The maximum Gasteiger partial charge on any atom is 0.414 e. The van der Waals surface area contributed by atoms with Crippen LogP contribution in [0.25, 0.3) is 5.69 Å². The molecule has 0 bridgehead atoms. The number of halogens is 2. The summed E-state index contributed by atoms with van der Waals surface area (Å²) in [4.78, 5) is 33.7. The molecule has 1 aliphatic rings. The number of amides is 1. The van der Waals surface area contributed by atoms with E-state index in [1.165, 1.54) is 0 Å². The molecule has 2 N–H and O–H groups in total. The molecule has 0 saturated carbocycles. The summed E-state index contributed by atoms with van der Waals surface area (Å²) in [6.07, 6.45) is 1.80. The Morgan fingerprint density at radius 3 is 2.26 bits per heavy atom. The van der Waals surface area contributed by atoms with Gasteiger partial charge in [-0.1, -0.05) is 23.2 Å². The number of carbonyl (C=O) groups excluding carboxylic acids is 1.